The minimum atomic E-state index is 0.255. The highest BCUT2D eigenvalue weighted by atomic mass is 14.8. The van der Waals surface area contributed by atoms with Gasteiger partial charge in [0, 0.05) is 29.1 Å². The Hall–Kier alpha value is -1.28. The second-order valence-electron chi connectivity index (χ2n) is 5.11. The third kappa shape index (κ3) is 1.08. The first-order valence-corrected chi connectivity index (χ1v) is 5.44. The van der Waals surface area contributed by atoms with Gasteiger partial charge >= 0.3 is 0 Å². The molecule has 2 unspecified atom stereocenters. The highest BCUT2D eigenvalue weighted by Crippen LogP contribution is 2.58. The number of benzene rings is 1. The van der Waals surface area contributed by atoms with Gasteiger partial charge in [0.1, 0.15) is 0 Å². The minimum absolute atomic E-state index is 0.255. The van der Waals surface area contributed by atoms with Gasteiger partial charge in [0.05, 0.1) is 0 Å². The van der Waals surface area contributed by atoms with Crippen LogP contribution in [-0.2, 0) is 0 Å². The molecule has 15 heavy (non-hydrogen) atoms. The average molecular weight is 200 g/mol. The number of H-pyrrole nitrogens is 1. The summed E-state index contributed by atoms with van der Waals surface area (Å²) < 4.78 is 0. The number of hydrogen-bond acceptors (Lipinski definition) is 1. The Kier molecular flexibility index (Phi) is 1.58. The number of para-hydroxylation sites is 1. The van der Waals surface area contributed by atoms with Crippen molar-refractivity contribution in [3.63, 3.8) is 0 Å². The first-order chi connectivity index (χ1) is 7.12. The molecule has 1 heterocycles. The van der Waals surface area contributed by atoms with Gasteiger partial charge in [-0.15, -0.1) is 0 Å². The number of nitrogens with two attached hydrogens (primary N) is 1. The smallest absolute Gasteiger partial charge is 0.0456 e. The Morgan fingerprint density at radius 2 is 1.93 bits per heavy atom. The molecule has 0 amide bonds. The molecule has 1 saturated carbocycles. The van der Waals surface area contributed by atoms with Crippen LogP contribution in [0.25, 0.3) is 10.9 Å². The monoisotopic (exact) mass is 200 g/mol. The fraction of sp³-hybridized carbons (Fsp3) is 0.385. The predicted molar refractivity (Wildman–Crippen MR) is 62.8 cm³/mol. The third-order valence-corrected chi connectivity index (χ3v) is 3.87. The lowest BCUT2D eigenvalue weighted by molar-refractivity contribution is 0.600. The molecule has 0 saturated heterocycles. The van der Waals surface area contributed by atoms with Crippen LogP contribution in [0.1, 0.15) is 25.3 Å². The molecule has 0 spiro atoms. The van der Waals surface area contributed by atoms with E-state index in [9.17, 15) is 0 Å². The largest absolute Gasteiger partial charge is 0.361 e. The standard InChI is InChI=1S/C13H16N2/c1-13(2)11(12(13)14)9-7-15-10-6-4-3-5-8(9)10/h3-7,11-12,15H,14H2,1-2H3. The number of nitrogens with one attached hydrogen (secondary N) is 1. The molecule has 2 nitrogen and oxygen atoms in total. The number of rotatable bonds is 1. The molecule has 2 atom stereocenters. The van der Waals surface area contributed by atoms with Crippen LogP contribution in [0, 0.1) is 5.41 Å². The van der Waals surface area contributed by atoms with E-state index in [-0.39, 0.29) is 5.41 Å². The first kappa shape index (κ1) is 8.98. The van der Waals surface area contributed by atoms with Crippen LogP contribution >= 0.6 is 0 Å². The van der Waals surface area contributed by atoms with Crippen molar-refractivity contribution in [3.05, 3.63) is 36.0 Å². The van der Waals surface area contributed by atoms with Crippen LogP contribution in [-0.4, -0.2) is 11.0 Å². The van der Waals surface area contributed by atoms with E-state index in [0.29, 0.717) is 12.0 Å². The van der Waals surface area contributed by atoms with Crippen LogP contribution in [0.15, 0.2) is 30.5 Å². The molecule has 1 fully saturated rings. The van der Waals surface area contributed by atoms with E-state index >= 15 is 0 Å². The molecule has 1 aliphatic carbocycles. The van der Waals surface area contributed by atoms with Crippen molar-refractivity contribution >= 4 is 10.9 Å². The van der Waals surface area contributed by atoms with Crippen LogP contribution in [0.2, 0.25) is 0 Å². The van der Waals surface area contributed by atoms with Crippen molar-refractivity contribution in [1.82, 2.24) is 4.98 Å². The molecule has 0 aliphatic heterocycles. The fourth-order valence-corrected chi connectivity index (χ4v) is 2.62. The van der Waals surface area contributed by atoms with Crippen molar-refractivity contribution < 1.29 is 0 Å². The zero-order valence-corrected chi connectivity index (χ0v) is 9.12. The first-order valence-electron chi connectivity index (χ1n) is 5.44. The van der Waals surface area contributed by atoms with E-state index in [1.165, 1.54) is 16.5 Å². The van der Waals surface area contributed by atoms with Gasteiger partial charge in [-0.1, -0.05) is 32.0 Å². The summed E-state index contributed by atoms with van der Waals surface area (Å²) in [4.78, 5) is 3.31. The van der Waals surface area contributed by atoms with E-state index in [0.717, 1.165) is 0 Å². The van der Waals surface area contributed by atoms with Gasteiger partial charge in [-0.2, -0.15) is 0 Å². The summed E-state index contributed by atoms with van der Waals surface area (Å²) in [6, 6.07) is 8.72. The number of aromatic nitrogens is 1. The number of hydrogen-bond donors (Lipinski definition) is 2. The van der Waals surface area contributed by atoms with Gasteiger partial charge in [0.15, 0.2) is 0 Å². The van der Waals surface area contributed by atoms with E-state index in [4.69, 9.17) is 5.73 Å². The topological polar surface area (TPSA) is 41.8 Å². The van der Waals surface area contributed by atoms with Crippen molar-refractivity contribution in [3.8, 4) is 0 Å². The maximum atomic E-state index is 6.11. The van der Waals surface area contributed by atoms with E-state index in [1.54, 1.807) is 0 Å². The van der Waals surface area contributed by atoms with Crippen molar-refractivity contribution in [2.45, 2.75) is 25.8 Å². The minimum Gasteiger partial charge on any atom is -0.361 e. The highest BCUT2D eigenvalue weighted by Gasteiger charge is 2.56. The fourth-order valence-electron chi connectivity index (χ4n) is 2.62. The molecule has 1 aliphatic rings. The zero-order valence-electron chi connectivity index (χ0n) is 9.12. The number of aromatic amines is 1. The Morgan fingerprint density at radius 1 is 1.27 bits per heavy atom. The summed E-state index contributed by atoms with van der Waals surface area (Å²) in [7, 11) is 0. The molecular formula is C13H16N2. The predicted octanol–water partition coefficient (Wildman–Crippen LogP) is 2.62. The van der Waals surface area contributed by atoms with Crippen LogP contribution in [0.3, 0.4) is 0 Å². The second-order valence-corrected chi connectivity index (χ2v) is 5.11. The lowest BCUT2D eigenvalue weighted by Gasteiger charge is -2.00. The van der Waals surface area contributed by atoms with Gasteiger partial charge in [-0.05, 0) is 17.0 Å². The summed E-state index contributed by atoms with van der Waals surface area (Å²) in [6.07, 6.45) is 2.12. The zero-order chi connectivity index (χ0) is 10.6. The summed E-state index contributed by atoms with van der Waals surface area (Å²) in [6.45, 7) is 4.48. The van der Waals surface area contributed by atoms with Crippen LogP contribution in [0.5, 0.6) is 0 Å². The molecule has 3 rings (SSSR count). The molecule has 1 aromatic carbocycles. The molecule has 2 aromatic rings. The van der Waals surface area contributed by atoms with E-state index in [1.807, 2.05) is 0 Å². The summed E-state index contributed by atoms with van der Waals surface area (Å²) >= 11 is 0. The van der Waals surface area contributed by atoms with Gasteiger partial charge in [0.25, 0.3) is 0 Å². The lowest BCUT2D eigenvalue weighted by atomic mass is 10.0. The second kappa shape index (κ2) is 2.64. The highest BCUT2D eigenvalue weighted by molar-refractivity contribution is 5.84. The number of fused-ring (bicyclic) bond motifs is 1. The Balaban J connectivity index is 2.14. The van der Waals surface area contributed by atoms with Gasteiger partial charge in [0.2, 0.25) is 0 Å². The maximum Gasteiger partial charge on any atom is 0.0456 e. The average Bonchev–Trinajstić information content (AvgIpc) is 2.63. The lowest BCUT2D eigenvalue weighted by Crippen LogP contribution is -2.06. The van der Waals surface area contributed by atoms with Gasteiger partial charge in [-0.3, -0.25) is 0 Å². The van der Waals surface area contributed by atoms with Crippen molar-refractivity contribution in [2.24, 2.45) is 11.1 Å². The normalized spacial score (nSPS) is 28.2. The SMILES string of the molecule is CC1(C)C(N)C1c1c[nH]c2ccccc12. The molecule has 1 aromatic heterocycles. The van der Waals surface area contributed by atoms with E-state index < -0.39 is 0 Å². The molecule has 78 valence electrons. The van der Waals surface area contributed by atoms with Gasteiger partial charge in [-0.25, -0.2) is 0 Å². The Morgan fingerprint density at radius 3 is 2.60 bits per heavy atom. The molecule has 0 radical (unpaired) electrons. The maximum absolute atomic E-state index is 6.11. The van der Waals surface area contributed by atoms with Crippen molar-refractivity contribution in [1.29, 1.82) is 0 Å². The third-order valence-electron chi connectivity index (χ3n) is 3.87. The summed E-state index contributed by atoms with van der Waals surface area (Å²) in [5.41, 5.74) is 8.96. The van der Waals surface area contributed by atoms with E-state index in [2.05, 4.69) is 49.3 Å². The molecule has 3 N–H and O–H groups in total. The summed E-state index contributed by atoms with van der Waals surface area (Å²) in [5.74, 6) is 0.508. The Labute approximate surface area is 89.5 Å². The van der Waals surface area contributed by atoms with Gasteiger partial charge < -0.3 is 10.7 Å². The molecule has 2 heteroatoms. The Bertz CT molecular complexity index is 510. The van der Waals surface area contributed by atoms with Crippen LogP contribution in [0.4, 0.5) is 0 Å². The quantitative estimate of drug-likeness (QED) is 0.730. The summed E-state index contributed by atoms with van der Waals surface area (Å²) in [5, 5.41) is 1.32. The molecular weight excluding hydrogens is 184 g/mol. The van der Waals surface area contributed by atoms with Crippen molar-refractivity contribution in [2.75, 3.05) is 0 Å². The molecule has 0 bridgehead atoms. The van der Waals surface area contributed by atoms with Crippen LogP contribution < -0.4 is 5.73 Å².